The summed E-state index contributed by atoms with van der Waals surface area (Å²) in [7, 11) is 3.90. The average molecular weight is 157 g/mol. The van der Waals surface area contributed by atoms with Crippen LogP contribution in [0.25, 0.3) is 0 Å². The third kappa shape index (κ3) is 1.17. The highest BCUT2D eigenvalue weighted by Crippen LogP contribution is 2.32. The van der Waals surface area contributed by atoms with Crippen LogP contribution in [0.1, 0.15) is 12.8 Å². The van der Waals surface area contributed by atoms with Crippen LogP contribution < -0.4 is 0 Å². The lowest BCUT2D eigenvalue weighted by Crippen LogP contribution is -2.28. The van der Waals surface area contributed by atoms with Crippen molar-refractivity contribution in [1.29, 1.82) is 0 Å². The topological polar surface area (TPSA) is 21.7 Å². The van der Waals surface area contributed by atoms with Gasteiger partial charge in [-0.3, -0.25) is 4.90 Å². The summed E-state index contributed by atoms with van der Waals surface area (Å²) in [5.41, 5.74) is 0. The first kappa shape index (κ1) is 7.53. The monoisotopic (exact) mass is 157 g/mol. The van der Waals surface area contributed by atoms with E-state index in [1.807, 2.05) is 0 Å². The predicted molar refractivity (Wildman–Crippen MR) is 41.3 cm³/mol. The Morgan fingerprint density at radius 1 is 1.45 bits per heavy atom. The molecule has 0 N–H and O–H groups in total. The second-order valence-electron chi connectivity index (χ2n) is 3.49. The molecule has 3 atom stereocenters. The van der Waals surface area contributed by atoms with Gasteiger partial charge in [0.05, 0.1) is 18.9 Å². The first-order valence-electron chi connectivity index (χ1n) is 4.16. The summed E-state index contributed by atoms with van der Waals surface area (Å²) in [6.07, 6.45) is 3.07. The van der Waals surface area contributed by atoms with Gasteiger partial charge in [0.2, 0.25) is 0 Å². The van der Waals surface area contributed by atoms with Crippen LogP contribution in [-0.4, -0.2) is 44.0 Å². The van der Waals surface area contributed by atoms with Gasteiger partial charge in [-0.05, 0) is 13.5 Å². The molecule has 0 spiro atoms. The molecule has 1 saturated carbocycles. The molecule has 1 aliphatic carbocycles. The number of hydrogen-bond donors (Lipinski definition) is 0. The maximum absolute atomic E-state index is 5.57. The second kappa shape index (κ2) is 2.73. The summed E-state index contributed by atoms with van der Waals surface area (Å²) in [4.78, 5) is 2.27. The van der Waals surface area contributed by atoms with E-state index < -0.39 is 0 Å². The molecule has 0 amide bonds. The van der Waals surface area contributed by atoms with Crippen LogP contribution in [0.2, 0.25) is 0 Å². The summed E-state index contributed by atoms with van der Waals surface area (Å²) in [6, 6.07) is 0.611. The van der Waals surface area contributed by atoms with Gasteiger partial charge < -0.3 is 9.47 Å². The fourth-order valence-corrected chi connectivity index (χ4v) is 2.08. The Balaban J connectivity index is 1.98. The zero-order valence-electron chi connectivity index (χ0n) is 7.12. The number of hydrogen-bond acceptors (Lipinski definition) is 3. The van der Waals surface area contributed by atoms with Crippen LogP contribution in [0.15, 0.2) is 0 Å². The maximum Gasteiger partial charge on any atom is 0.0995 e. The van der Waals surface area contributed by atoms with Crippen molar-refractivity contribution in [3.8, 4) is 0 Å². The Kier molecular flexibility index (Phi) is 1.87. The number of rotatable bonds is 1. The zero-order valence-corrected chi connectivity index (χ0v) is 7.12. The molecule has 64 valence electrons. The fraction of sp³-hybridized carbons (Fsp3) is 1.00. The number of nitrogens with zero attached hydrogens (tertiary/aromatic N) is 1. The van der Waals surface area contributed by atoms with Gasteiger partial charge in [-0.1, -0.05) is 0 Å². The van der Waals surface area contributed by atoms with Crippen molar-refractivity contribution in [3.63, 3.8) is 0 Å². The number of fused-ring (bicyclic) bond motifs is 1. The molecule has 0 bridgehead atoms. The minimum atomic E-state index is 0.424. The Labute approximate surface area is 67.3 Å². The van der Waals surface area contributed by atoms with E-state index in [0.717, 1.165) is 19.6 Å². The minimum Gasteiger partial charge on any atom is -0.381 e. The molecule has 1 aliphatic heterocycles. The van der Waals surface area contributed by atoms with E-state index in [1.165, 1.54) is 0 Å². The summed E-state index contributed by atoms with van der Waals surface area (Å²) in [5, 5.41) is 0. The summed E-state index contributed by atoms with van der Waals surface area (Å²) in [6.45, 7) is 0.797. The zero-order chi connectivity index (χ0) is 7.84. The van der Waals surface area contributed by atoms with E-state index in [0.29, 0.717) is 18.2 Å². The van der Waals surface area contributed by atoms with Crippen LogP contribution in [0.4, 0.5) is 0 Å². The molecule has 3 unspecified atom stereocenters. The molecule has 3 nitrogen and oxygen atoms in total. The van der Waals surface area contributed by atoms with Crippen molar-refractivity contribution >= 4 is 0 Å². The highest BCUT2D eigenvalue weighted by Gasteiger charge is 2.41. The molecule has 0 aromatic rings. The van der Waals surface area contributed by atoms with Crippen LogP contribution in [0.5, 0.6) is 0 Å². The van der Waals surface area contributed by atoms with Gasteiger partial charge in [-0.25, -0.2) is 0 Å². The molecule has 0 aromatic carbocycles. The van der Waals surface area contributed by atoms with Crippen LogP contribution in [-0.2, 0) is 9.47 Å². The fourth-order valence-electron chi connectivity index (χ4n) is 2.08. The van der Waals surface area contributed by atoms with E-state index in [1.54, 1.807) is 7.11 Å². The van der Waals surface area contributed by atoms with Gasteiger partial charge in [0.15, 0.2) is 0 Å². The number of ether oxygens (including phenoxy) is 2. The lowest BCUT2D eigenvalue weighted by molar-refractivity contribution is 0.0451. The Bertz CT molecular complexity index is 151. The summed E-state index contributed by atoms with van der Waals surface area (Å²) < 4.78 is 10.9. The van der Waals surface area contributed by atoms with Gasteiger partial charge in [0, 0.05) is 19.6 Å². The third-order valence-electron chi connectivity index (χ3n) is 2.82. The van der Waals surface area contributed by atoms with Crippen molar-refractivity contribution in [2.75, 3.05) is 20.9 Å². The Hall–Kier alpha value is -0.120. The Morgan fingerprint density at radius 2 is 2.27 bits per heavy atom. The van der Waals surface area contributed by atoms with Crippen molar-refractivity contribution in [2.45, 2.75) is 31.1 Å². The standard InChI is InChI=1S/C8H15NO2/c1-9-5-11-8-4-6(10-2)3-7(8)9/h6-8H,3-5H2,1-2H3. The smallest absolute Gasteiger partial charge is 0.0995 e. The maximum atomic E-state index is 5.57. The van der Waals surface area contributed by atoms with E-state index in [2.05, 4.69) is 11.9 Å². The van der Waals surface area contributed by atoms with E-state index >= 15 is 0 Å². The summed E-state index contributed by atoms with van der Waals surface area (Å²) >= 11 is 0. The molecular weight excluding hydrogens is 142 g/mol. The van der Waals surface area contributed by atoms with Crippen molar-refractivity contribution in [2.24, 2.45) is 0 Å². The normalized spacial score (nSPS) is 44.7. The highest BCUT2D eigenvalue weighted by molar-refractivity contribution is 4.93. The van der Waals surface area contributed by atoms with Gasteiger partial charge in [-0.15, -0.1) is 0 Å². The molecule has 1 saturated heterocycles. The minimum absolute atomic E-state index is 0.424. The van der Waals surface area contributed by atoms with E-state index in [4.69, 9.17) is 9.47 Å². The number of methoxy groups -OCH3 is 1. The van der Waals surface area contributed by atoms with Gasteiger partial charge in [0.25, 0.3) is 0 Å². The van der Waals surface area contributed by atoms with Crippen molar-refractivity contribution < 1.29 is 9.47 Å². The van der Waals surface area contributed by atoms with Crippen LogP contribution in [0.3, 0.4) is 0 Å². The third-order valence-corrected chi connectivity index (χ3v) is 2.82. The second-order valence-corrected chi connectivity index (χ2v) is 3.49. The number of likely N-dealkylation sites (N-methyl/N-ethyl adjacent to an activating group) is 1. The van der Waals surface area contributed by atoms with Crippen molar-refractivity contribution in [1.82, 2.24) is 4.90 Å². The Morgan fingerprint density at radius 3 is 2.91 bits per heavy atom. The molecule has 0 aromatic heterocycles. The lowest BCUT2D eigenvalue weighted by Gasteiger charge is -2.15. The molecular formula is C8H15NO2. The van der Waals surface area contributed by atoms with E-state index in [-0.39, 0.29) is 0 Å². The first-order valence-corrected chi connectivity index (χ1v) is 4.16. The van der Waals surface area contributed by atoms with Gasteiger partial charge in [-0.2, -0.15) is 0 Å². The lowest BCUT2D eigenvalue weighted by atomic mass is 10.2. The van der Waals surface area contributed by atoms with Crippen LogP contribution in [0, 0.1) is 0 Å². The van der Waals surface area contributed by atoms with Gasteiger partial charge in [0.1, 0.15) is 0 Å². The average Bonchev–Trinajstić information content (AvgIpc) is 2.53. The van der Waals surface area contributed by atoms with Crippen LogP contribution >= 0.6 is 0 Å². The quantitative estimate of drug-likeness (QED) is 0.551. The largest absolute Gasteiger partial charge is 0.381 e. The van der Waals surface area contributed by atoms with Crippen molar-refractivity contribution in [3.05, 3.63) is 0 Å². The molecule has 2 rings (SSSR count). The molecule has 11 heavy (non-hydrogen) atoms. The van der Waals surface area contributed by atoms with E-state index in [9.17, 15) is 0 Å². The first-order chi connectivity index (χ1) is 5.31. The van der Waals surface area contributed by atoms with Gasteiger partial charge >= 0.3 is 0 Å². The SMILES string of the molecule is COC1CC2OCN(C)C2C1. The molecule has 3 heteroatoms. The predicted octanol–water partition coefficient (Wildman–Crippen LogP) is 0.452. The molecule has 2 fully saturated rings. The molecule has 0 radical (unpaired) electrons. The highest BCUT2D eigenvalue weighted by atomic mass is 16.5. The summed E-state index contributed by atoms with van der Waals surface area (Å²) in [5.74, 6) is 0. The molecule has 1 heterocycles. The molecule has 2 aliphatic rings.